The molecule has 170 valence electrons. The maximum Gasteiger partial charge on any atom is 0.338 e. The normalized spacial score (nSPS) is 11.2. The van der Waals surface area contributed by atoms with Gasteiger partial charge in [-0.3, -0.25) is 4.79 Å². The Hall–Kier alpha value is -3.06. The van der Waals surface area contributed by atoms with E-state index in [9.17, 15) is 9.59 Å². The fourth-order valence-corrected chi connectivity index (χ4v) is 3.13. The molecule has 1 unspecified atom stereocenters. The number of carbonyl (C=O) groups is 2. The molecular formula is C28H34O4. The summed E-state index contributed by atoms with van der Waals surface area (Å²) in [5.74, 6) is 5.19. The van der Waals surface area contributed by atoms with Crippen molar-refractivity contribution in [2.24, 2.45) is 0 Å². The molecule has 0 radical (unpaired) electrons. The van der Waals surface area contributed by atoms with Gasteiger partial charge in [-0.25, -0.2) is 4.79 Å². The Morgan fingerprint density at radius 3 is 2.09 bits per heavy atom. The predicted molar refractivity (Wildman–Crippen MR) is 128 cm³/mol. The van der Waals surface area contributed by atoms with Crippen LogP contribution in [-0.2, 0) is 22.4 Å². The monoisotopic (exact) mass is 434 g/mol. The average Bonchev–Trinajstić information content (AvgIpc) is 2.82. The minimum Gasteiger partial charge on any atom is -0.494 e. The Morgan fingerprint density at radius 1 is 0.875 bits per heavy atom. The molecule has 0 aliphatic heterocycles. The highest BCUT2D eigenvalue weighted by atomic mass is 16.5. The summed E-state index contributed by atoms with van der Waals surface area (Å²) in [6.45, 7) is 6.38. The van der Waals surface area contributed by atoms with Gasteiger partial charge in [0.15, 0.2) is 6.10 Å². The van der Waals surface area contributed by atoms with Gasteiger partial charge in [-0.05, 0) is 67.5 Å². The first-order chi connectivity index (χ1) is 15.5. The SMILES string of the molecule is CCC#CC(=O)C(C)OC(=O)c1ccc(CCc2ccc(OCCCCCC)cc2)cc1. The van der Waals surface area contributed by atoms with Crippen LogP contribution in [0.1, 0.15) is 74.4 Å². The molecule has 0 saturated carbocycles. The third-order valence-corrected chi connectivity index (χ3v) is 5.12. The molecular weight excluding hydrogens is 400 g/mol. The van der Waals surface area contributed by atoms with Crippen molar-refractivity contribution in [2.45, 2.75) is 71.8 Å². The van der Waals surface area contributed by atoms with Crippen LogP contribution in [0.2, 0.25) is 0 Å². The highest BCUT2D eigenvalue weighted by molar-refractivity contribution is 6.01. The van der Waals surface area contributed by atoms with Crippen LogP contribution < -0.4 is 4.74 Å². The van der Waals surface area contributed by atoms with Crippen LogP contribution in [0.3, 0.4) is 0 Å². The van der Waals surface area contributed by atoms with Gasteiger partial charge in [0.25, 0.3) is 0 Å². The van der Waals surface area contributed by atoms with Crippen molar-refractivity contribution in [3.63, 3.8) is 0 Å². The quantitative estimate of drug-likeness (QED) is 0.179. The fourth-order valence-electron chi connectivity index (χ4n) is 3.13. The zero-order valence-electron chi connectivity index (χ0n) is 19.5. The summed E-state index contributed by atoms with van der Waals surface area (Å²) in [6, 6.07) is 15.6. The van der Waals surface area contributed by atoms with Gasteiger partial charge in [-0.2, -0.15) is 0 Å². The van der Waals surface area contributed by atoms with Crippen molar-refractivity contribution in [3.8, 4) is 17.6 Å². The van der Waals surface area contributed by atoms with Gasteiger partial charge in [0.2, 0.25) is 5.78 Å². The second kappa shape index (κ2) is 14.1. The first-order valence-electron chi connectivity index (χ1n) is 11.6. The van der Waals surface area contributed by atoms with E-state index in [2.05, 4.69) is 30.9 Å². The second-order valence-corrected chi connectivity index (χ2v) is 7.82. The maximum atomic E-state index is 12.2. The second-order valence-electron chi connectivity index (χ2n) is 7.82. The highest BCUT2D eigenvalue weighted by Crippen LogP contribution is 2.16. The molecule has 0 bridgehead atoms. The Morgan fingerprint density at radius 2 is 1.50 bits per heavy atom. The topological polar surface area (TPSA) is 52.6 Å². The summed E-state index contributed by atoms with van der Waals surface area (Å²) in [4.78, 5) is 24.0. The lowest BCUT2D eigenvalue weighted by atomic mass is 10.0. The molecule has 4 nitrogen and oxygen atoms in total. The van der Waals surface area contributed by atoms with Crippen LogP contribution in [0.25, 0.3) is 0 Å². The summed E-state index contributed by atoms with van der Waals surface area (Å²) in [5, 5.41) is 0. The number of ketones is 1. The summed E-state index contributed by atoms with van der Waals surface area (Å²) in [7, 11) is 0. The Labute approximate surface area is 192 Å². The van der Waals surface area contributed by atoms with Crippen molar-refractivity contribution in [2.75, 3.05) is 6.61 Å². The van der Waals surface area contributed by atoms with Crippen molar-refractivity contribution in [3.05, 3.63) is 65.2 Å². The van der Waals surface area contributed by atoms with E-state index in [1.165, 1.54) is 24.8 Å². The third kappa shape index (κ3) is 8.98. The third-order valence-electron chi connectivity index (χ3n) is 5.12. The van der Waals surface area contributed by atoms with Gasteiger partial charge in [0.05, 0.1) is 12.2 Å². The molecule has 0 spiro atoms. The molecule has 2 rings (SSSR count). The first-order valence-corrected chi connectivity index (χ1v) is 11.6. The zero-order chi connectivity index (χ0) is 23.2. The van der Waals surface area contributed by atoms with E-state index in [4.69, 9.17) is 9.47 Å². The number of hydrogen-bond acceptors (Lipinski definition) is 4. The van der Waals surface area contributed by atoms with E-state index in [0.717, 1.165) is 37.2 Å². The van der Waals surface area contributed by atoms with Crippen LogP contribution in [0.15, 0.2) is 48.5 Å². The molecule has 0 saturated heterocycles. The van der Waals surface area contributed by atoms with E-state index in [1.807, 2.05) is 31.2 Å². The van der Waals surface area contributed by atoms with Crippen molar-refractivity contribution in [1.29, 1.82) is 0 Å². The van der Waals surface area contributed by atoms with Crippen molar-refractivity contribution >= 4 is 11.8 Å². The van der Waals surface area contributed by atoms with Gasteiger partial charge in [-0.15, -0.1) is 0 Å². The highest BCUT2D eigenvalue weighted by Gasteiger charge is 2.17. The molecule has 0 fully saturated rings. The van der Waals surface area contributed by atoms with E-state index in [0.29, 0.717) is 12.0 Å². The molecule has 32 heavy (non-hydrogen) atoms. The lowest BCUT2D eigenvalue weighted by Crippen LogP contribution is -2.23. The smallest absolute Gasteiger partial charge is 0.338 e. The van der Waals surface area contributed by atoms with E-state index in [1.54, 1.807) is 19.1 Å². The van der Waals surface area contributed by atoms with Gasteiger partial charge in [-0.1, -0.05) is 63.3 Å². The summed E-state index contributed by atoms with van der Waals surface area (Å²) in [5.41, 5.74) is 2.81. The lowest BCUT2D eigenvalue weighted by Gasteiger charge is -2.10. The standard InChI is InChI=1S/C28H34O4/c1-4-6-8-9-21-31-26-19-15-24(16-20-26)12-11-23-13-17-25(18-14-23)28(30)32-22(3)27(29)10-7-5-2/h13-20,22H,4-6,8-9,11-12,21H2,1-3H3. The number of hydrogen-bond donors (Lipinski definition) is 0. The fraction of sp³-hybridized carbons (Fsp3) is 0.429. The molecule has 0 aliphatic carbocycles. The van der Waals surface area contributed by atoms with E-state index < -0.39 is 12.1 Å². The van der Waals surface area contributed by atoms with Gasteiger partial charge < -0.3 is 9.47 Å². The molecule has 0 aromatic heterocycles. The number of esters is 1. The molecule has 2 aromatic carbocycles. The molecule has 1 atom stereocenters. The number of Topliss-reactive ketones (excluding diaryl/α,β-unsaturated/α-hetero) is 1. The summed E-state index contributed by atoms with van der Waals surface area (Å²) < 4.78 is 11.0. The minimum atomic E-state index is -0.871. The minimum absolute atomic E-state index is 0.385. The maximum absolute atomic E-state index is 12.2. The number of benzene rings is 2. The van der Waals surface area contributed by atoms with Crippen molar-refractivity contribution in [1.82, 2.24) is 0 Å². The van der Waals surface area contributed by atoms with E-state index in [-0.39, 0.29) is 5.78 Å². The van der Waals surface area contributed by atoms with Crippen LogP contribution in [0.4, 0.5) is 0 Å². The summed E-state index contributed by atoms with van der Waals surface area (Å²) >= 11 is 0. The number of carbonyl (C=O) groups excluding carboxylic acids is 2. The molecule has 0 N–H and O–H groups in total. The summed E-state index contributed by atoms with van der Waals surface area (Å²) in [6.07, 6.45) is 6.30. The van der Waals surface area contributed by atoms with Crippen LogP contribution in [-0.4, -0.2) is 24.5 Å². The molecule has 4 heteroatoms. The van der Waals surface area contributed by atoms with Crippen LogP contribution >= 0.6 is 0 Å². The van der Waals surface area contributed by atoms with E-state index >= 15 is 0 Å². The van der Waals surface area contributed by atoms with Crippen molar-refractivity contribution < 1.29 is 19.1 Å². The molecule has 0 heterocycles. The van der Waals surface area contributed by atoms with Gasteiger partial charge in [0.1, 0.15) is 5.75 Å². The average molecular weight is 435 g/mol. The first kappa shape index (κ1) is 25.2. The Bertz CT molecular complexity index is 901. The molecule has 0 aliphatic rings. The molecule has 0 amide bonds. The number of aryl methyl sites for hydroxylation is 2. The van der Waals surface area contributed by atoms with Gasteiger partial charge in [0, 0.05) is 6.42 Å². The largest absolute Gasteiger partial charge is 0.494 e. The lowest BCUT2D eigenvalue weighted by molar-refractivity contribution is -0.121. The predicted octanol–water partition coefficient (Wildman–Crippen LogP) is 5.96. The van der Waals surface area contributed by atoms with Crippen LogP contribution in [0, 0.1) is 11.8 Å². The Kier molecular flexibility index (Phi) is 11.1. The van der Waals surface area contributed by atoms with Crippen LogP contribution in [0.5, 0.6) is 5.75 Å². The van der Waals surface area contributed by atoms with Gasteiger partial charge >= 0.3 is 5.97 Å². The number of rotatable bonds is 12. The zero-order valence-corrected chi connectivity index (χ0v) is 19.5. The number of ether oxygens (including phenoxy) is 2. The Balaban J connectivity index is 1.79. The number of unbranched alkanes of at least 4 members (excludes halogenated alkanes) is 3. The molecule has 2 aromatic rings.